The molecule has 0 aromatic carbocycles. The zero-order valence-corrected chi connectivity index (χ0v) is 7.41. The lowest BCUT2D eigenvalue weighted by Gasteiger charge is -1.99. The molecule has 7 heteroatoms. The summed E-state index contributed by atoms with van der Waals surface area (Å²) in [4.78, 5) is 0. The molecule has 12 heavy (non-hydrogen) atoms. The van der Waals surface area contributed by atoms with E-state index >= 15 is 0 Å². The Balaban J connectivity index is 0.00000121. The van der Waals surface area contributed by atoms with Crippen LogP contribution in [0.5, 0.6) is 0 Å². The van der Waals surface area contributed by atoms with E-state index in [0.29, 0.717) is 12.8 Å². The van der Waals surface area contributed by atoms with Gasteiger partial charge in [0.05, 0.1) is 11.5 Å². The van der Waals surface area contributed by atoms with Gasteiger partial charge in [0.25, 0.3) is 0 Å². The molecule has 5 nitrogen and oxygen atoms in total. The van der Waals surface area contributed by atoms with E-state index in [1.165, 1.54) is 0 Å². The molecule has 0 unspecified atom stereocenters. The number of rotatable bonds is 0. The summed E-state index contributed by atoms with van der Waals surface area (Å²) < 4.78 is 44.8. The molecule has 0 aliphatic carbocycles. The molecule has 0 spiro atoms. The molecule has 1 aliphatic rings. The molecule has 0 radical (unpaired) electrons. The molecule has 0 aromatic rings. The molecule has 0 aromatic heterocycles. The molecule has 74 valence electrons. The van der Waals surface area contributed by atoms with E-state index in [-0.39, 0.29) is 18.9 Å². The average molecular weight is 215 g/mol. The van der Waals surface area contributed by atoms with Crippen LogP contribution in [0.15, 0.2) is 0 Å². The van der Waals surface area contributed by atoms with Crippen LogP contribution in [-0.2, 0) is 20.0 Å². The second-order valence-electron chi connectivity index (χ2n) is 2.43. The molecule has 0 saturated carbocycles. The number of sulfonamides is 2. The zero-order valence-electron chi connectivity index (χ0n) is 5.78. The van der Waals surface area contributed by atoms with E-state index in [4.69, 9.17) is 0 Å². The highest BCUT2D eigenvalue weighted by atomic mass is 32.3. The maximum absolute atomic E-state index is 10.8. The van der Waals surface area contributed by atoms with Crippen LogP contribution >= 0.6 is 0 Å². The van der Waals surface area contributed by atoms with Gasteiger partial charge in [-0.05, 0) is 12.8 Å². The molecule has 1 N–H and O–H groups in total. The Hall–Kier alpha value is -0.140. The summed E-state index contributed by atoms with van der Waals surface area (Å²) in [7, 11) is -7.13. The largest absolute Gasteiger partial charge is 0.224 e. The van der Waals surface area contributed by atoms with Crippen molar-refractivity contribution in [2.45, 2.75) is 20.3 Å². The minimum atomic E-state index is -3.56. The molecule has 1 saturated heterocycles. The van der Waals surface area contributed by atoms with E-state index < -0.39 is 20.0 Å². The normalized spacial score (nSPS) is 26.7. The summed E-state index contributed by atoms with van der Waals surface area (Å²) in [6, 6.07) is 0. The Morgan fingerprint density at radius 1 is 0.833 bits per heavy atom. The van der Waals surface area contributed by atoms with E-state index in [2.05, 4.69) is 0 Å². The summed E-state index contributed by atoms with van der Waals surface area (Å²) in [5.74, 6) is -0.182. The Labute approximate surface area is 73.3 Å². The fraction of sp³-hybridized carbons (Fsp3) is 1.00. The fourth-order valence-corrected chi connectivity index (χ4v) is 4.24. The lowest BCUT2D eigenvalue weighted by Crippen LogP contribution is -2.31. The van der Waals surface area contributed by atoms with Crippen molar-refractivity contribution < 1.29 is 16.8 Å². The molecule has 1 rings (SSSR count). The highest BCUT2D eigenvalue weighted by molar-refractivity contribution is 8.04. The maximum atomic E-state index is 10.8. The van der Waals surface area contributed by atoms with Gasteiger partial charge in [-0.25, -0.2) is 16.8 Å². The fourth-order valence-electron chi connectivity index (χ4n) is 0.861. The molecule has 0 atom stereocenters. The van der Waals surface area contributed by atoms with Crippen LogP contribution in [0.4, 0.5) is 0 Å². The lowest BCUT2D eigenvalue weighted by molar-refractivity contribution is 0.580. The van der Waals surface area contributed by atoms with Crippen LogP contribution in [0, 0.1) is 0 Å². The molecule has 1 aliphatic heterocycles. The topological polar surface area (TPSA) is 80.3 Å². The van der Waals surface area contributed by atoms with Gasteiger partial charge >= 0.3 is 0 Å². The summed E-state index contributed by atoms with van der Waals surface area (Å²) in [5.41, 5.74) is 0. The first-order valence-corrected chi connectivity index (χ1v) is 6.46. The van der Waals surface area contributed by atoms with Crippen molar-refractivity contribution >= 4 is 20.0 Å². The van der Waals surface area contributed by atoms with Crippen molar-refractivity contribution in [2.24, 2.45) is 0 Å². The van der Waals surface area contributed by atoms with Crippen molar-refractivity contribution in [2.75, 3.05) is 11.5 Å². The number of hydrogen-bond acceptors (Lipinski definition) is 4. The van der Waals surface area contributed by atoms with Gasteiger partial charge in [-0.2, -0.15) is 0 Å². The van der Waals surface area contributed by atoms with E-state index in [1.807, 2.05) is 0 Å². The summed E-state index contributed by atoms with van der Waals surface area (Å²) >= 11 is 0. The minimum Gasteiger partial charge on any atom is -0.211 e. The van der Waals surface area contributed by atoms with E-state index in [1.54, 1.807) is 4.13 Å². The van der Waals surface area contributed by atoms with Gasteiger partial charge < -0.3 is 0 Å². The molecule has 1 heterocycles. The highest BCUT2D eigenvalue weighted by Gasteiger charge is 2.23. The van der Waals surface area contributed by atoms with Crippen LogP contribution < -0.4 is 4.13 Å². The average Bonchev–Trinajstić information content (AvgIpc) is 1.86. The van der Waals surface area contributed by atoms with Crippen molar-refractivity contribution in [3.05, 3.63) is 0 Å². The quantitative estimate of drug-likeness (QED) is 0.599. The highest BCUT2D eigenvalue weighted by Crippen LogP contribution is 2.04. The van der Waals surface area contributed by atoms with Crippen molar-refractivity contribution in [1.82, 2.24) is 4.13 Å². The van der Waals surface area contributed by atoms with Crippen molar-refractivity contribution in [3.63, 3.8) is 0 Å². The van der Waals surface area contributed by atoms with Gasteiger partial charge in [-0.15, -0.1) is 4.13 Å². The third-order valence-corrected chi connectivity index (χ3v) is 5.01. The Kier molecular flexibility index (Phi) is 3.67. The van der Waals surface area contributed by atoms with Crippen LogP contribution in [-0.4, -0.2) is 28.3 Å². The summed E-state index contributed by atoms with van der Waals surface area (Å²) in [6.45, 7) is 0. The first-order chi connectivity index (χ1) is 4.91. The van der Waals surface area contributed by atoms with Gasteiger partial charge in [0.1, 0.15) is 0 Å². The third-order valence-electron chi connectivity index (χ3n) is 1.33. The standard InChI is InChI=1S/C4H9NO4S2.CH4/c6-10(7)3-1-2-4-11(8,9)5-10;/h5H,1-4H2;1H4. The van der Waals surface area contributed by atoms with Gasteiger partial charge in [0.15, 0.2) is 0 Å². The molecule has 0 bridgehead atoms. The molecule has 1 fully saturated rings. The van der Waals surface area contributed by atoms with E-state index in [0.717, 1.165) is 0 Å². The number of nitrogens with one attached hydrogen (secondary N) is 1. The zero-order chi connectivity index (χ0) is 8.54. The van der Waals surface area contributed by atoms with Gasteiger partial charge in [-0.1, -0.05) is 7.43 Å². The number of hydrogen-bond donors (Lipinski definition) is 1. The monoisotopic (exact) mass is 215 g/mol. The van der Waals surface area contributed by atoms with Crippen molar-refractivity contribution in [1.29, 1.82) is 0 Å². The van der Waals surface area contributed by atoms with Crippen LogP contribution in [0.25, 0.3) is 0 Å². The van der Waals surface area contributed by atoms with Crippen molar-refractivity contribution in [3.8, 4) is 0 Å². The van der Waals surface area contributed by atoms with Gasteiger partial charge in [0, 0.05) is 0 Å². The minimum absolute atomic E-state index is 0. The summed E-state index contributed by atoms with van der Waals surface area (Å²) in [6.07, 6.45) is 0.823. The predicted molar refractivity (Wildman–Crippen MR) is 46.7 cm³/mol. The predicted octanol–water partition coefficient (Wildman–Crippen LogP) is -0.335. The third kappa shape index (κ3) is 3.51. The van der Waals surface area contributed by atoms with Crippen LogP contribution in [0.3, 0.4) is 0 Å². The second-order valence-corrected chi connectivity index (χ2v) is 6.37. The van der Waals surface area contributed by atoms with E-state index in [9.17, 15) is 16.8 Å². The van der Waals surface area contributed by atoms with Crippen LogP contribution in [0.2, 0.25) is 0 Å². The van der Waals surface area contributed by atoms with Gasteiger partial charge in [0.2, 0.25) is 20.0 Å². The first-order valence-electron chi connectivity index (χ1n) is 3.15. The smallest absolute Gasteiger partial charge is 0.211 e. The SMILES string of the molecule is C.O=S1(=O)CCCCS(=O)(=O)N1. The second kappa shape index (κ2) is 3.71. The Morgan fingerprint density at radius 3 is 1.50 bits per heavy atom. The molecular formula is C5H13NO4S2. The first kappa shape index (κ1) is 11.9. The molecular weight excluding hydrogens is 202 g/mol. The maximum Gasteiger partial charge on any atom is 0.224 e. The van der Waals surface area contributed by atoms with Crippen LogP contribution in [0.1, 0.15) is 20.3 Å². The van der Waals surface area contributed by atoms with Gasteiger partial charge in [-0.3, -0.25) is 0 Å². The molecule has 0 amide bonds. The summed E-state index contributed by atoms with van der Waals surface area (Å²) in [5, 5.41) is 0. The lowest BCUT2D eigenvalue weighted by atomic mass is 10.4. The Morgan fingerprint density at radius 2 is 1.17 bits per heavy atom. The Bertz CT molecular complexity index is 294.